The minimum Gasteiger partial charge on any atom is -0.466 e. The minimum absolute atomic E-state index is 0.0158. The first-order valence-electron chi connectivity index (χ1n) is 9.81. The van der Waals surface area contributed by atoms with Crippen LogP contribution in [0.2, 0.25) is 0 Å². The topological polar surface area (TPSA) is 141 Å². The van der Waals surface area contributed by atoms with Gasteiger partial charge in [0.15, 0.2) is 6.61 Å². The Morgan fingerprint density at radius 3 is 2.17 bits per heavy atom. The van der Waals surface area contributed by atoms with Crippen LogP contribution in [-0.4, -0.2) is 52.1 Å². The predicted octanol–water partition coefficient (Wildman–Crippen LogP) is 1.70. The number of alkyl halides is 3. The van der Waals surface area contributed by atoms with Gasteiger partial charge in [0.25, 0.3) is 5.91 Å². The lowest BCUT2D eigenvalue weighted by molar-refractivity contribution is -0.196. The molecule has 3 rings (SSSR count). The highest BCUT2D eigenvalue weighted by Crippen LogP contribution is 2.25. The lowest BCUT2D eigenvalue weighted by atomic mass is 9.98. The number of para-hydroxylation sites is 1. The lowest BCUT2D eigenvalue weighted by Crippen LogP contribution is -2.62. The molecular formula is C21H16BrF3N4O7. The number of methoxy groups -OCH3 is 1. The first-order chi connectivity index (χ1) is 16.9. The van der Waals surface area contributed by atoms with Crippen LogP contribution in [0.1, 0.15) is 0 Å². The number of hydrogen-bond donors (Lipinski definition) is 2. The number of nitrogens with one attached hydrogen (secondary N) is 2. The summed E-state index contributed by atoms with van der Waals surface area (Å²) in [5.41, 5.74) is -6.23. The van der Waals surface area contributed by atoms with Gasteiger partial charge in [-0.05, 0) is 36.4 Å². The number of nitrogens with zero attached hydrogens (tertiary/aromatic N) is 2. The zero-order valence-corrected chi connectivity index (χ0v) is 19.8. The number of amides is 1. The third-order valence-electron chi connectivity index (χ3n) is 4.72. The van der Waals surface area contributed by atoms with Crippen LogP contribution in [0.3, 0.4) is 0 Å². The second-order valence-electron chi connectivity index (χ2n) is 7.06. The van der Waals surface area contributed by atoms with E-state index in [2.05, 4.69) is 30.7 Å². The summed E-state index contributed by atoms with van der Waals surface area (Å²) < 4.78 is 48.2. The van der Waals surface area contributed by atoms with E-state index >= 15 is 0 Å². The molecule has 0 saturated carbocycles. The largest absolute Gasteiger partial charge is 0.466 e. The van der Waals surface area contributed by atoms with Crippen molar-refractivity contribution in [3.05, 3.63) is 80.0 Å². The molecule has 1 aromatic heterocycles. The molecule has 36 heavy (non-hydrogen) atoms. The average Bonchev–Trinajstić information content (AvgIpc) is 3.13. The summed E-state index contributed by atoms with van der Waals surface area (Å²) in [6.45, 7) is -2.20. The van der Waals surface area contributed by atoms with E-state index in [1.165, 1.54) is 48.5 Å². The van der Waals surface area contributed by atoms with E-state index in [0.717, 1.165) is 7.11 Å². The fourth-order valence-electron chi connectivity index (χ4n) is 3.12. The van der Waals surface area contributed by atoms with Crippen molar-refractivity contribution in [2.45, 2.75) is 11.7 Å². The van der Waals surface area contributed by atoms with E-state index in [-0.39, 0.29) is 16.1 Å². The second-order valence-corrected chi connectivity index (χ2v) is 7.98. The summed E-state index contributed by atoms with van der Waals surface area (Å²) >= 11 is 3.17. The molecule has 3 aromatic rings. The van der Waals surface area contributed by atoms with Gasteiger partial charge in [-0.25, -0.2) is 28.8 Å². The molecule has 2 N–H and O–H groups in total. The SMILES string of the molecule is COC(=O)C(C(=O)Nc1ccc(Br)cc1)(C(=O)OCC(F)(F)F)n1[nH]c(=O)n(-c2ccccc2)c1=O. The Balaban J connectivity index is 2.26. The summed E-state index contributed by atoms with van der Waals surface area (Å²) in [5, 5.41) is 4.05. The Morgan fingerprint density at radius 2 is 1.61 bits per heavy atom. The van der Waals surface area contributed by atoms with E-state index in [1.807, 2.05) is 5.10 Å². The van der Waals surface area contributed by atoms with Crippen molar-refractivity contribution in [3.63, 3.8) is 0 Å². The van der Waals surface area contributed by atoms with E-state index in [9.17, 15) is 37.1 Å². The van der Waals surface area contributed by atoms with Gasteiger partial charge in [0.05, 0.1) is 12.8 Å². The predicted molar refractivity (Wildman–Crippen MR) is 120 cm³/mol. The molecule has 0 saturated heterocycles. The van der Waals surface area contributed by atoms with E-state index in [0.29, 0.717) is 9.04 Å². The number of benzene rings is 2. The van der Waals surface area contributed by atoms with Crippen LogP contribution in [0, 0.1) is 0 Å². The first kappa shape index (κ1) is 26.5. The van der Waals surface area contributed by atoms with E-state index in [4.69, 9.17) is 0 Å². The summed E-state index contributed by atoms with van der Waals surface area (Å²) in [7, 11) is 0.721. The van der Waals surface area contributed by atoms with Crippen molar-refractivity contribution in [2.24, 2.45) is 0 Å². The van der Waals surface area contributed by atoms with Crippen LogP contribution in [0.4, 0.5) is 18.9 Å². The maximum atomic E-state index is 13.4. The molecule has 15 heteroatoms. The molecule has 11 nitrogen and oxygen atoms in total. The molecule has 1 unspecified atom stereocenters. The van der Waals surface area contributed by atoms with E-state index in [1.54, 1.807) is 6.07 Å². The Morgan fingerprint density at radius 1 is 1.00 bits per heavy atom. The zero-order valence-electron chi connectivity index (χ0n) is 18.2. The monoisotopic (exact) mass is 572 g/mol. The zero-order chi connectivity index (χ0) is 26.7. The number of esters is 2. The lowest BCUT2D eigenvalue weighted by Gasteiger charge is -2.27. The first-order valence-corrected chi connectivity index (χ1v) is 10.6. The summed E-state index contributed by atoms with van der Waals surface area (Å²) in [6.07, 6.45) is -5.05. The van der Waals surface area contributed by atoms with Gasteiger partial charge in [-0.3, -0.25) is 4.79 Å². The van der Waals surface area contributed by atoms with Crippen molar-refractivity contribution < 1.29 is 37.0 Å². The van der Waals surface area contributed by atoms with Crippen molar-refractivity contribution in [1.29, 1.82) is 0 Å². The second kappa shape index (κ2) is 10.2. The molecule has 1 atom stereocenters. The normalized spacial score (nSPS) is 12.9. The molecule has 0 radical (unpaired) electrons. The van der Waals surface area contributed by atoms with Crippen LogP contribution in [0.5, 0.6) is 0 Å². The molecule has 0 aliphatic carbocycles. The van der Waals surface area contributed by atoms with Gasteiger partial charge in [0.2, 0.25) is 0 Å². The van der Waals surface area contributed by atoms with Gasteiger partial charge in [-0.15, -0.1) is 0 Å². The Labute approximate surface area is 207 Å². The highest BCUT2D eigenvalue weighted by Gasteiger charge is 2.61. The number of ether oxygens (including phenoxy) is 2. The number of carbonyl (C=O) groups is 3. The molecule has 0 aliphatic rings. The van der Waals surface area contributed by atoms with Gasteiger partial charge in [-0.1, -0.05) is 34.1 Å². The smallest absolute Gasteiger partial charge is 0.422 e. The number of hydrogen-bond acceptors (Lipinski definition) is 7. The maximum Gasteiger partial charge on any atom is 0.422 e. The van der Waals surface area contributed by atoms with Crippen LogP contribution >= 0.6 is 15.9 Å². The molecule has 190 valence electrons. The number of halogens is 4. The summed E-state index contributed by atoms with van der Waals surface area (Å²) in [5.74, 6) is -5.55. The van der Waals surface area contributed by atoms with Crippen molar-refractivity contribution in [1.82, 2.24) is 14.3 Å². The van der Waals surface area contributed by atoms with Crippen LogP contribution in [0.25, 0.3) is 5.69 Å². The number of carbonyl (C=O) groups excluding carboxylic acids is 3. The summed E-state index contributed by atoms with van der Waals surface area (Å²) in [6, 6.07) is 12.7. The van der Waals surface area contributed by atoms with Crippen LogP contribution in [-0.2, 0) is 29.4 Å². The summed E-state index contributed by atoms with van der Waals surface area (Å²) in [4.78, 5) is 65.2. The molecule has 1 amide bonds. The highest BCUT2D eigenvalue weighted by molar-refractivity contribution is 9.10. The third-order valence-corrected chi connectivity index (χ3v) is 5.25. The standard InChI is InChI=1S/C21H16BrF3N4O7/c1-35-16(31)21(17(32)36-11-20(23,24)25,15(30)26-13-9-7-12(22)8-10-13)29-19(34)28(18(33)27-29)14-5-3-2-4-6-14/h2-10H,11H2,1H3,(H,26,30)(H,27,33). The fourth-order valence-corrected chi connectivity index (χ4v) is 3.38. The van der Waals surface area contributed by atoms with Gasteiger partial charge < -0.3 is 14.8 Å². The molecule has 0 bridgehead atoms. The molecule has 1 heterocycles. The Hall–Kier alpha value is -4.14. The number of aromatic nitrogens is 3. The molecule has 0 aliphatic heterocycles. The van der Waals surface area contributed by atoms with Crippen LogP contribution < -0.4 is 16.7 Å². The third kappa shape index (κ3) is 5.10. The van der Waals surface area contributed by atoms with Gasteiger partial charge in [0, 0.05) is 10.2 Å². The van der Waals surface area contributed by atoms with Crippen molar-refractivity contribution >= 4 is 39.5 Å². The number of anilines is 1. The molecule has 2 aromatic carbocycles. The van der Waals surface area contributed by atoms with Crippen LogP contribution in [0.15, 0.2) is 68.7 Å². The van der Waals surface area contributed by atoms with Crippen molar-refractivity contribution in [3.8, 4) is 5.69 Å². The van der Waals surface area contributed by atoms with Gasteiger partial charge >= 0.3 is 35.0 Å². The Kier molecular flexibility index (Phi) is 7.52. The van der Waals surface area contributed by atoms with E-state index < -0.39 is 47.5 Å². The molecular weight excluding hydrogens is 557 g/mol. The van der Waals surface area contributed by atoms with Crippen molar-refractivity contribution in [2.75, 3.05) is 19.0 Å². The minimum atomic E-state index is -5.05. The average molecular weight is 573 g/mol. The number of rotatable bonds is 7. The highest BCUT2D eigenvalue weighted by atomic mass is 79.9. The fraction of sp³-hybridized carbons (Fsp3) is 0.190. The number of H-pyrrole nitrogens is 1. The van der Waals surface area contributed by atoms with Gasteiger partial charge in [-0.2, -0.15) is 17.9 Å². The molecule has 0 spiro atoms. The van der Waals surface area contributed by atoms with Gasteiger partial charge in [0.1, 0.15) is 0 Å². The quantitative estimate of drug-likeness (QED) is 0.324. The number of aromatic amines is 1. The Bertz CT molecular complexity index is 1400. The molecule has 0 fully saturated rings. The maximum absolute atomic E-state index is 13.4.